The number of rotatable bonds is 5. The third kappa shape index (κ3) is 4.11. The van der Waals surface area contributed by atoms with E-state index in [1.807, 2.05) is 11.0 Å². The van der Waals surface area contributed by atoms with Crippen LogP contribution in [0.25, 0.3) is 0 Å². The topological polar surface area (TPSA) is 60.9 Å². The number of amides is 1. The summed E-state index contributed by atoms with van der Waals surface area (Å²) in [7, 11) is 0. The Balaban J connectivity index is 1.65. The molecule has 5 heteroatoms. The number of carbonyl (C=O) groups is 2. The molecule has 0 saturated carbocycles. The Kier molecular flexibility index (Phi) is 5.68. The van der Waals surface area contributed by atoms with Crippen molar-refractivity contribution in [3.63, 3.8) is 0 Å². The Labute approximate surface area is 153 Å². The van der Waals surface area contributed by atoms with Crippen molar-refractivity contribution in [1.29, 1.82) is 0 Å². The number of benzene rings is 2. The second kappa shape index (κ2) is 8.15. The summed E-state index contributed by atoms with van der Waals surface area (Å²) >= 11 is 0. The molecule has 0 spiro atoms. The Bertz CT molecular complexity index is 759. The van der Waals surface area contributed by atoms with Crippen LogP contribution in [-0.2, 0) is 6.54 Å². The molecule has 1 aliphatic rings. The normalized spacial score (nSPS) is 17.9. The van der Waals surface area contributed by atoms with Crippen molar-refractivity contribution in [2.75, 3.05) is 19.6 Å². The van der Waals surface area contributed by atoms with Crippen LogP contribution >= 0.6 is 0 Å². The van der Waals surface area contributed by atoms with Gasteiger partial charge in [-0.3, -0.25) is 9.69 Å². The molecular formula is C21H24N2O3. The number of aromatic carboxylic acids is 1. The minimum Gasteiger partial charge on any atom is -0.478 e. The highest BCUT2D eigenvalue weighted by Gasteiger charge is 2.29. The minimum absolute atomic E-state index is 0.0280. The van der Waals surface area contributed by atoms with Crippen molar-refractivity contribution in [3.05, 3.63) is 71.3 Å². The highest BCUT2D eigenvalue weighted by atomic mass is 16.4. The van der Waals surface area contributed by atoms with E-state index in [4.69, 9.17) is 5.11 Å². The van der Waals surface area contributed by atoms with Crippen LogP contribution in [0.4, 0.5) is 0 Å². The largest absolute Gasteiger partial charge is 0.478 e. The first-order valence-corrected chi connectivity index (χ1v) is 8.99. The molecular weight excluding hydrogens is 328 g/mol. The predicted molar refractivity (Wildman–Crippen MR) is 100 cm³/mol. The van der Waals surface area contributed by atoms with Gasteiger partial charge in [-0.05, 0) is 36.2 Å². The summed E-state index contributed by atoms with van der Waals surface area (Å²) < 4.78 is 0. The van der Waals surface area contributed by atoms with Crippen molar-refractivity contribution < 1.29 is 14.7 Å². The summed E-state index contributed by atoms with van der Waals surface area (Å²) in [5.41, 5.74) is 2.03. The molecule has 1 aliphatic heterocycles. The molecule has 2 aromatic rings. The van der Waals surface area contributed by atoms with Crippen molar-refractivity contribution in [2.24, 2.45) is 0 Å². The molecule has 1 unspecified atom stereocenters. The highest BCUT2D eigenvalue weighted by Crippen LogP contribution is 2.18. The van der Waals surface area contributed by atoms with Gasteiger partial charge in [-0.2, -0.15) is 0 Å². The second-order valence-electron chi connectivity index (χ2n) is 6.65. The van der Waals surface area contributed by atoms with Crippen molar-refractivity contribution in [3.8, 4) is 0 Å². The zero-order valence-electron chi connectivity index (χ0n) is 15.0. The van der Waals surface area contributed by atoms with E-state index in [-0.39, 0.29) is 11.5 Å². The van der Waals surface area contributed by atoms with Gasteiger partial charge in [0.05, 0.1) is 5.56 Å². The zero-order valence-corrected chi connectivity index (χ0v) is 15.0. The van der Waals surface area contributed by atoms with Crippen LogP contribution in [0.1, 0.15) is 39.6 Å². The maximum atomic E-state index is 12.8. The van der Waals surface area contributed by atoms with Gasteiger partial charge in [-0.1, -0.05) is 37.3 Å². The lowest BCUT2D eigenvalue weighted by molar-refractivity contribution is 0.0450. The van der Waals surface area contributed by atoms with Gasteiger partial charge in [0.25, 0.3) is 5.91 Å². The number of hydrogen-bond donors (Lipinski definition) is 1. The van der Waals surface area contributed by atoms with E-state index in [2.05, 4.69) is 36.1 Å². The number of carbonyl (C=O) groups excluding carboxylic acids is 1. The Morgan fingerprint density at radius 2 is 1.65 bits per heavy atom. The van der Waals surface area contributed by atoms with E-state index in [1.165, 1.54) is 17.7 Å². The standard InChI is InChI=1S/C21H24N2O3/c1-2-19-15-23(13-12-22(19)14-16-6-4-3-5-7-16)20(24)17-8-10-18(11-9-17)21(25)26/h3-11,19H,2,12-15H2,1H3,(H,25,26). The number of nitrogens with zero attached hydrogens (tertiary/aromatic N) is 2. The lowest BCUT2D eigenvalue weighted by Crippen LogP contribution is -2.54. The molecule has 0 radical (unpaired) electrons. The van der Waals surface area contributed by atoms with Gasteiger partial charge < -0.3 is 10.0 Å². The smallest absolute Gasteiger partial charge is 0.335 e. The van der Waals surface area contributed by atoms with Gasteiger partial charge in [0, 0.05) is 37.8 Å². The summed E-state index contributed by atoms with van der Waals surface area (Å²) in [6.07, 6.45) is 0.981. The van der Waals surface area contributed by atoms with Crippen LogP contribution in [-0.4, -0.2) is 52.5 Å². The van der Waals surface area contributed by atoms with E-state index < -0.39 is 5.97 Å². The lowest BCUT2D eigenvalue weighted by Gasteiger charge is -2.41. The van der Waals surface area contributed by atoms with Crippen LogP contribution in [0.2, 0.25) is 0 Å². The molecule has 1 fully saturated rings. The van der Waals surface area contributed by atoms with Crippen LogP contribution in [0.3, 0.4) is 0 Å². The molecule has 0 aliphatic carbocycles. The van der Waals surface area contributed by atoms with Gasteiger partial charge in [-0.15, -0.1) is 0 Å². The maximum Gasteiger partial charge on any atom is 0.335 e. The van der Waals surface area contributed by atoms with Crippen LogP contribution in [0.5, 0.6) is 0 Å². The van der Waals surface area contributed by atoms with Crippen LogP contribution < -0.4 is 0 Å². The third-order valence-corrected chi connectivity index (χ3v) is 4.97. The summed E-state index contributed by atoms with van der Waals surface area (Å²) in [6.45, 7) is 5.27. The van der Waals surface area contributed by atoms with Gasteiger partial charge in [-0.25, -0.2) is 4.79 Å². The fourth-order valence-electron chi connectivity index (χ4n) is 3.43. The lowest BCUT2D eigenvalue weighted by atomic mass is 10.1. The summed E-state index contributed by atoms with van der Waals surface area (Å²) in [5.74, 6) is -1.01. The zero-order chi connectivity index (χ0) is 18.5. The molecule has 1 heterocycles. The average molecular weight is 352 g/mol. The van der Waals surface area contributed by atoms with E-state index >= 15 is 0 Å². The molecule has 2 aromatic carbocycles. The SMILES string of the molecule is CCC1CN(C(=O)c2ccc(C(=O)O)cc2)CCN1Cc1ccccc1. The number of piperazine rings is 1. The Morgan fingerprint density at radius 1 is 1.00 bits per heavy atom. The van der Waals surface area contributed by atoms with E-state index in [9.17, 15) is 9.59 Å². The van der Waals surface area contributed by atoms with Gasteiger partial charge in [0.2, 0.25) is 0 Å². The van der Waals surface area contributed by atoms with Crippen LogP contribution in [0, 0.1) is 0 Å². The first-order valence-electron chi connectivity index (χ1n) is 8.99. The maximum absolute atomic E-state index is 12.8. The van der Waals surface area contributed by atoms with Gasteiger partial charge in [0.1, 0.15) is 0 Å². The summed E-state index contributed by atoms with van der Waals surface area (Å²) in [6, 6.07) is 16.9. The quantitative estimate of drug-likeness (QED) is 0.898. The Hall–Kier alpha value is -2.66. The van der Waals surface area contributed by atoms with E-state index in [1.54, 1.807) is 12.1 Å². The molecule has 136 valence electrons. The van der Waals surface area contributed by atoms with Crippen molar-refractivity contribution in [1.82, 2.24) is 9.80 Å². The number of carboxylic acids is 1. The second-order valence-corrected chi connectivity index (χ2v) is 6.65. The molecule has 3 rings (SSSR count). The fourth-order valence-corrected chi connectivity index (χ4v) is 3.43. The minimum atomic E-state index is -0.982. The van der Waals surface area contributed by atoms with Gasteiger partial charge >= 0.3 is 5.97 Å². The first-order chi connectivity index (χ1) is 12.6. The fraction of sp³-hybridized carbons (Fsp3) is 0.333. The highest BCUT2D eigenvalue weighted by molar-refractivity contribution is 5.96. The summed E-state index contributed by atoms with van der Waals surface area (Å²) in [5, 5.41) is 8.98. The molecule has 26 heavy (non-hydrogen) atoms. The molecule has 1 amide bonds. The molecule has 1 atom stereocenters. The predicted octanol–water partition coefficient (Wildman–Crippen LogP) is 3.12. The Morgan fingerprint density at radius 3 is 2.27 bits per heavy atom. The van der Waals surface area contributed by atoms with Crippen LogP contribution in [0.15, 0.2) is 54.6 Å². The van der Waals surface area contributed by atoms with Crippen molar-refractivity contribution >= 4 is 11.9 Å². The van der Waals surface area contributed by atoms with Crippen molar-refractivity contribution in [2.45, 2.75) is 25.9 Å². The van der Waals surface area contributed by atoms with E-state index in [0.29, 0.717) is 24.7 Å². The molecule has 1 N–H and O–H groups in total. The molecule has 5 nitrogen and oxygen atoms in total. The third-order valence-electron chi connectivity index (χ3n) is 4.97. The molecule has 0 aromatic heterocycles. The summed E-state index contributed by atoms with van der Waals surface area (Å²) in [4.78, 5) is 28.0. The molecule has 1 saturated heterocycles. The van der Waals surface area contributed by atoms with Gasteiger partial charge in [0.15, 0.2) is 0 Å². The molecule has 0 bridgehead atoms. The monoisotopic (exact) mass is 352 g/mol. The average Bonchev–Trinajstić information content (AvgIpc) is 2.68. The number of carboxylic acid groups (broad SMARTS) is 1. The number of hydrogen-bond acceptors (Lipinski definition) is 3. The first kappa shape index (κ1) is 18.1. The van der Waals surface area contributed by atoms with E-state index in [0.717, 1.165) is 19.5 Å².